The Morgan fingerprint density at radius 2 is 1.89 bits per heavy atom. The van der Waals surface area contributed by atoms with Crippen molar-refractivity contribution < 1.29 is 37.8 Å². The van der Waals surface area contributed by atoms with Crippen LogP contribution in [0.15, 0.2) is 40.8 Å². The lowest BCUT2D eigenvalue weighted by atomic mass is 9.49. The number of hydrogen-bond donors (Lipinski definition) is 3. The summed E-state index contributed by atoms with van der Waals surface area (Å²) in [6, 6.07) is 12.0. The topological polar surface area (TPSA) is 152 Å². The second kappa shape index (κ2) is 7.94. The number of likely N-dealkylation sites (tertiary alicyclic amines) is 1. The molecule has 198 valence electrons. The Balaban J connectivity index is 0.000000387. The number of ether oxygens (including phenoxy) is 1. The summed E-state index contributed by atoms with van der Waals surface area (Å²) >= 11 is 0. The maximum atomic E-state index is 12.7. The van der Waals surface area contributed by atoms with Gasteiger partial charge in [-0.3, -0.25) is 9.45 Å². The molecule has 0 amide bonds. The van der Waals surface area contributed by atoms with Crippen molar-refractivity contribution in [1.82, 2.24) is 4.90 Å². The van der Waals surface area contributed by atoms with E-state index in [0.717, 1.165) is 59.7 Å². The summed E-state index contributed by atoms with van der Waals surface area (Å²) < 4.78 is 38.8. The average molecular weight is 530 g/mol. The van der Waals surface area contributed by atoms with Crippen LogP contribution in [0.5, 0.6) is 11.5 Å². The Morgan fingerprint density at radius 3 is 2.62 bits per heavy atom. The molecule has 1 aromatic heterocycles. The molecule has 8 rings (SSSR count). The lowest BCUT2D eigenvalue weighted by Crippen LogP contribution is -2.74. The van der Waals surface area contributed by atoms with Crippen molar-refractivity contribution in [2.75, 3.05) is 19.3 Å². The molecule has 0 radical (unpaired) electrons. The summed E-state index contributed by atoms with van der Waals surface area (Å²) in [6.07, 6.45) is 5.12. The number of phenols is 1. The number of aliphatic hydroxyl groups is 1. The van der Waals surface area contributed by atoms with Crippen molar-refractivity contribution in [3.63, 3.8) is 0 Å². The van der Waals surface area contributed by atoms with E-state index in [2.05, 4.69) is 11.0 Å². The largest absolute Gasteiger partial charge is 0.504 e. The predicted molar refractivity (Wildman–Crippen MR) is 136 cm³/mol. The molecule has 10 heteroatoms. The molecule has 9 nitrogen and oxygen atoms in total. The van der Waals surface area contributed by atoms with Gasteiger partial charge < -0.3 is 24.8 Å². The summed E-state index contributed by atoms with van der Waals surface area (Å²) in [5.74, 6) is 2.34. The predicted octanol–water partition coefficient (Wildman–Crippen LogP) is 2.52. The van der Waals surface area contributed by atoms with Gasteiger partial charge in [-0.2, -0.15) is 8.42 Å². The van der Waals surface area contributed by atoms with Gasteiger partial charge in [0.25, 0.3) is 10.1 Å². The van der Waals surface area contributed by atoms with E-state index in [0.29, 0.717) is 18.4 Å². The fraction of sp³-hybridized carbons (Fsp3) is 0.481. The van der Waals surface area contributed by atoms with Gasteiger partial charge in [0.05, 0.1) is 17.3 Å². The van der Waals surface area contributed by atoms with Crippen LogP contribution in [0.25, 0.3) is 11.0 Å². The van der Waals surface area contributed by atoms with Crippen molar-refractivity contribution in [3.8, 4) is 11.5 Å². The molecule has 2 aromatic carbocycles. The van der Waals surface area contributed by atoms with E-state index in [4.69, 9.17) is 13.7 Å². The summed E-state index contributed by atoms with van der Waals surface area (Å²) in [6.45, 7) is 2.03. The third-order valence-corrected chi connectivity index (χ3v) is 8.93. The number of phenolic OH excluding ortho intramolecular Hbond substituents is 1. The highest BCUT2D eigenvalue weighted by Gasteiger charge is 2.73. The van der Waals surface area contributed by atoms with Gasteiger partial charge in [0, 0.05) is 35.5 Å². The summed E-state index contributed by atoms with van der Waals surface area (Å²) in [4.78, 5) is 2.56. The van der Waals surface area contributed by atoms with Gasteiger partial charge >= 0.3 is 0 Å². The Labute approximate surface area is 214 Å². The number of para-hydroxylation sites is 1. The zero-order valence-corrected chi connectivity index (χ0v) is 21.3. The number of fused-ring (bicyclic) bond motifs is 4. The number of benzene rings is 2. The molecule has 2 bridgehead atoms. The van der Waals surface area contributed by atoms with Crippen LogP contribution in [0.4, 0.5) is 0 Å². The van der Waals surface area contributed by atoms with Crippen LogP contribution in [-0.2, 0) is 28.4 Å². The lowest BCUT2D eigenvalue weighted by molar-refractivity contribution is -0.175. The summed E-state index contributed by atoms with van der Waals surface area (Å²) in [5, 5.41) is 24.5. The minimum absolute atomic E-state index is 0. The van der Waals surface area contributed by atoms with Crippen LogP contribution in [0, 0.1) is 5.92 Å². The van der Waals surface area contributed by atoms with Crippen LogP contribution in [0.3, 0.4) is 0 Å². The zero-order valence-electron chi connectivity index (χ0n) is 20.5. The van der Waals surface area contributed by atoms with Crippen LogP contribution < -0.4 is 4.74 Å². The van der Waals surface area contributed by atoms with E-state index in [1.54, 1.807) is 6.07 Å². The van der Waals surface area contributed by atoms with E-state index in [1.165, 1.54) is 18.4 Å². The molecule has 0 unspecified atom stereocenters. The maximum Gasteiger partial charge on any atom is 0.261 e. The van der Waals surface area contributed by atoms with Crippen molar-refractivity contribution in [3.05, 3.63) is 58.8 Å². The maximum absolute atomic E-state index is 12.7. The van der Waals surface area contributed by atoms with Crippen molar-refractivity contribution >= 4 is 21.1 Å². The highest BCUT2D eigenvalue weighted by Crippen LogP contribution is 2.69. The number of furan rings is 1. The molecule has 1 spiro atoms. The monoisotopic (exact) mass is 529 g/mol. The Morgan fingerprint density at radius 1 is 1.16 bits per heavy atom. The summed E-state index contributed by atoms with van der Waals surface area (Å²) in [5.41, 5.74) is 2.65. The number of rotatable bonds is 2. The number of piperidine rings is 1. The average Bonchev–Trinajstić information content (AvgIpc) is 3.44. The van der Waals surface area contributed by atoms with Crippen LogP contribution in [0.1, 0.15) is 47.8 Å². The van der Waals surface area contributed by atoms with Gasteiger partial charge in [-0.25, -0.2) is 0 Å². The molecule has 3 heterocycles. The van der Waals surface area contributed by atoms with Gasteiger partial charge in [0.1, 0.15) is 11.3 Å². The number of nitrogens with zero attached hydrogens (tertiary/aromatic N) is 1. The van der Waals surface area contributed by atoms with E-state index in [1.807, 2.05) is 24.3 Å². The zero-order chi connectivity index (χ0) is 25.0. The quantitative estimate of drug-likeness (QED) is 0.428. The highest BCUT2D eigenvalue weighted by atomic mass is 32.2. The Kier molecular flexibility index (Phi) is 5.30. The first-order valence-electron chi connectivity index (χ1n) is 12.5. The second-order valence-electron chi connectivity index (χ2n) is 11.1. The van der Waals surface area contributed by atoms with Crippen molar-refractivity contribution in [2.45, 2.75) is 55.3 Å². The van der Waals surface area contributed by atoms with Gasteiger partial charge in [0.15, 0.2) is 17.6 Å². The molecular formula is C27H31NO8S. The van der Waals surface area contributed by atoms with E-state index in [-0.39, 0.29) is 17.3 Å². The van der Waals surface area contributed by atoms with Crippen molar-refractivity contribution in [1.29, 1.82) is 0 Å². The fourth-order valence-electron chi connectivity index (χ4n) is 7.42. The molecule has 1 saturated carbocycles. The Hall–Kier alpha value is -2.63. The van der Waals surface area contributed by atoms with Crippen LogP contribution >= 0.6 is 0 Å². The van der Waals surface area contributed by atoms with Gasteiger partial charge in [-0.15, -0.1) is 0 Å². The van der Waals surface area contributed by atoms with E-state index < -0.39 is 27.2 Å². The molecule has 5 aliphatic rings. The van der Waals surface area contributed by atoms with Crippen LogP contribution in [0.2, 0.25) is 0 Å². The minimum atomic E-state index is -3.67. The third-order valence-electron chi connectivity index (χ3n) is 8.93. The van der Waals surface area contributed by atoms with E-state index >= 15 is 0 Å². The molecule has 2 aliphatic heterocycles. The molecule has 5 N–H and O–H groups in total. The minimum Gasteiger partial charge on any atom is -0.504 e. The molecule has 37 heavy (non-hydrogen) atoms. The summed E-state index contributed by atoms with van der Waals surface area (Å²) in [7, 11) is -3.67. The highest BCUT2D eigenvalue weighted by molar-refractivity contribution is 7.85. The standard InChI is InChI=1S/C26H25NO4.CH4O3S.H2O/c28-18-8-7-15-11-20-26(29)12-17-16-3-1-2-4-19(16)30-22(17)24-25(26,21(15)23(18)31-24)9-10-27(20)13-14-5-6-14;1-5(2,3)4;/h1-4,7-8,14,20,24,28-29H,5-6,9-13H2;1H3,(H,2,3,4);1H2/t20-,24+,25+,26-;;/m1../s1. The lowest BCUT2D eigenvalue weighted by Gasteiger charge is -2.62. The third kappa shape index (κ3) is 3.39. The number of aromatic hydroxyl groups is 1. The van der Waals surface area contributed by atoms with Gasteiger partial charge in [-0.1, -0.05) is 24.3 Å². The van der Waals surface area contributed by atoms with Crippen molar-refractivity contribution in [2.24, 2.45) is 5.92 Å². The molecule has 4 atom stereocenters. The molecule has 2 fully saturated rings. The molecule has 3 aliphatic carbocycles. The first kappa shape index (κ1) is 24.7. The first-order valence-corrected chi connectivity index (χ1v) is 14.4. The van der Waals surface area contributed by atoms with Gasteiger partial charge in [-0.05, 0) is 55.8 Å². The smallest absolute Gasteiger partial charge is 0.261 e. The number of hydrogen-bond acceptors (Lipinski definition) is 7. The second-order valence-corrected chi connectivity index (χ2v) is 12.6. The Bertz CT molecular complexity index is 1500. The van der Waals surface area contributed by atoms with Gasteiger partial charge in [0.2, 0.25) is 0 Å². The molecule has 1 saturated heterocycles. The first-order chi connectivity index (χ1) is 17.1. The molecule has 3 aromatic rings. The normalized spacial score (nSPS) is 30.9. The SMILES string of the molecule is CS(=O)(=O)O.O.Oc1ccc2c3c1O[C@H]1c4oc5ccccc5c4C[C@@]4(O)[C@@H](C2)N(CC2CC2)CC[C@]314. The fourth-order valence-corrected chi connectivity index (χ4v) is 7.42. The molecular weight excluding hydrogens is 498 g/mol. The van der Waals surface area contributed by atoms with E-state index in [9.17, 15) is 18.6 Å². The van der Waals surface area contributed by atoms with Crippen LogP contribution in [-0.4, -0.2) is 64.5 Å².